The van der Waals surface area contributed by atoms with Gasteiger partial charge in [0, 0.05) is 35.6 Å². The second-order valence-electron chi connectivity index (χ2n) is 5.97. The molecule has 0 bridgehead atoms. The molecule has 2 N–H and O–H groups in total. The summed E-state index contributed by atoms with van der Waals surface area (Å²) in [7, 11) is 0. The number of hydrogen-bond donors (Lipinski definition) is 2. The van der Waals surface area contributed by atoms with Gasteiger partial charge in [-0.25, -0.2) is 9.97 Å². The zero-order chi connectivity index (χ0) is 20.3. The van der Waals surface area contributed by atoms with E-state index in [-0.39, 0.29) is 17.4 Å². The van der Waals surface area contributed by atoms with Gasteiger partial charge in [0.25, 0.3) is 5.19 Å². The van der Waals surface area contributed by atoms with Gasteiger partial charge in [-0.05, 0) is 12.5 Å². The van der Waals surface area contributed by atoms with Crippen molar-refractivity contribution < 1.29 is 17.9 Å². The summed E-state index contributed by atoms with van der Waals surface area (Å²) in [4.78, 5) is 16.5. The third-order valence-electron chi connectivity index (χ3n) is 3.88. The number of ether oxygens (including phenoxy) is 1. The van der Waals surface area contributed by atoms with Gasteiger partial charge in [-0.3, -0.25) is 9.98 Å². The summed E-state index contributed by atoms with van der Waals surface area (Å²) >= 11 is 2.60. The van der Waals surface area contributed by atoms with Crippen LogP contribution in [0.4, 0.5) is 18.3 Å². The first-order chi connectivity index (χ1) is 14.0. The summed E-state index contributed by atoms with van der Waals surface area (Å²) in [6, 6.07) is 2.78. The summed E-state index contributed by atoms with van der Waals surface area (Å²) < 4.78 is 44.5. The number of hydrogen-bond acceptors (Lipinski definition) is 9. The van der Waals surface area contributed by atoms with Gasteiger partial charge in [0.05, 0.1) is 0 Å². The highest BCUT2D eigenvalue weighted by molar-refractivity contribution is 7.14. The molecule has 0 saturated carbocycles. The number of nitrogens with zero attached hydrogens (tertiary/aromatic N) is 4. The molecule has 1 aliphatic heterocycles. The third-order valence-corrected chi connectivity index (χ3v) is 5.39. The van der Waals surface area contributed by atoms with Crippen molar-refractivity contribution in [3.63, 3.8) is 0 Å². The van der Waals surface area contributed by atoms with E-state index in [0.29, 0.717) is 22.5 Å². The maximum absolute atomic E-state index is 13.0. The monoisotopic (exact) mass is 440 g/mol. The van der Waals surface area contributed by atoms with Gasteiger partial charge in [-0.15, -0.1) is 11.3 Å². The molecule has 1 aliphatic rings. The smallest absolute Gasteiger partial charge is 0.433 e. The fraction of sp³-hybridized carbons (Fsp3) is 0.294. The summed E-state index contributed by atoms with van der Waals surface area (Å²) in [6.45, 7) is 1.36. The molecule has 3 aromatic heterocycles. The van der Waals surface area contributed by atoms with E-state index in [9.17, 15) is 13.2 Å². The fourth-order valence-electron chi connectivity index (χ4n) is 2.56. The van der Waals surface area contributed by atoms with E-state index in [1.54, 1.807) is 5.38 Å². The molecular formula is C17H15F3N6OS2. The lowest BCUT2D eigenvalue weighted by molar-refractivity contribution is -0.142. The van der Waals surface area contributed by atoms with Crippen molar-refractivity contribution in [2.24, 2.45) is 4.99 Å². The normalized spacial score (nSPS) is 14.2. The number of alkyl halides is 3. The van der Waals surface area contributed by atoms with Gasteiger partial charge in [0.15, 0.2) is 16.8 Å². The van der Waals surface area contributed by atoms with Crippen LogP contribution < -0.4 is 15.4 Å². The molecule has 0 aromatic carbocycles. The highest BCUT2D eigenvalue weighted by Gasteiger charge is 2.35. The van der Waals surface area contributed by atoms with E-state index in [4.69, 9.17) is 4.74 Å². The molecule has 7 nitrogen and oxygen atoms in total. The summed E-state index contributed by atoms with van der Waals surface area (Å²) in [5.74, 6) is 0.691. The molecule has 12 heteroatoms. The number of aromatic nitrogens is 3. The Hall–Kier alpha value is -2.73. The van der Waals surface area contributed by atoms with E-state index < -0.39 is 11.9 Å². The number of halogens is 3. The van der Waals surface area contributed by atoms with Gasteiger partial charge in [-0.2, -0.15) is 13.2 Å². The zero-order valence-corrected chi connectivity index (χ0v) is 16.5. The second kappa shape index (κ2) is 8.33. The van der Waals surface area contributed by atoms with Crippen molar-refractivity contribution in [2.75, 3.05) is 18.4 Å². The van der Waals surface area contributed by atoms with Crippen LogP contribution in [0.5, 0.6) is 5.19 Å². The molecule has 0 unspecified atom stereocenters. The van der Waals surface area contributed by atoms with Gasteiger partial charge >= 0.3 is 6.18 Å². The molecule has 0 amide bonds. The minimum atomic E-state index is -4.53. The van der Waals surface area contributed by atoms with Crippen LogP contribution in [-0.4, -0.2) is 34.0 Å². The molecule has 0 aliphatic carbocycles. The highest BCUT2D eigenvalue weighted by Crippen LogP contribution is 2.32. The highest BCUT2D eigenvalue weighted by atomic mass is 32.1. The number of rotatable bonds is 5. The van der Waals surface area contributed by atoms with Crippen LogP contribution in [0.3, 0.4) is 0 Å². The maximum Gasteiger partial charge on any atom is 0.433 e. The number of pyridine rings is 1. The molecule has 3 aromatic rings. The minimum absolute atomic E-state index is 0.0438. The zero-order valence-electron chi connectivity index (χ0n) is 14.9. The Kier molecular flexibility index (Phi) is 5.62. The molecule has 4 heterocycles. The van der Waals surface area contributed by atoms with Crippen molar-refractivity contribution in [3.8, 4) is 16.6 Å². The van der Waals surface area contributed by atoms with Gasteiger partial charge < -0.3 is 15.4 Å². The summed E-state index contributed by atoms with van der Waals surface area (Å²) in [6.07, 6.45) is -2.43. The predicted molar refractivity (Wildman–Crippen MR) is 105 cm³/mol. The lowest BCUT2D eigenvalue weighted by Crippen LogP contribution is -2.35. The van der Waals surface area contributed by atoms with Crippen LogP contribution >= 0.6 is 22.7 Å². The SMILES string of the molecule is FC(F)(F)c1ncccc1COc1nc(-c2csc(NC3=NCCCN3)n2)cs1. The van der Waals surface area contributed by atoms with Crippen LogP contribution in [0.1, 0.15) is 17.7 Å². The Labute approximate surface area is 171 Å². The molecule has 0 atom stereocenters. The molecule has 0 saturated heterocycles. The fourth-order valence-corrected chi connectivity index (χ4v) is 3.92. The van der Waals surface area contributed by atoms with E-state index >= 15 is 0 Å². The maximum atomic E-state index is 13.0. The first-order valence-corrected chi connectivity index (χ1v) is 10.4. The van der Waals surface area contributed by atoms with E-state index in [0.717, 1.165) is 25.7 Å². The number of anilines is 1. The van der Waals surface area contributed by atoms with Gasteiger partial charge in [-0.1, -0.05) is 17.4 Å². The quantitative estimate of drug-likeness (QED) is 0.624. The topological polar surface area (TPSA) is 84.3 Å². The van der Waals surface area contributed by atoms with E-state index in [1.807, 2.05) is 5.38 Å². The average Bonchev–Trinajstić information content (AvgIpc) is 3.36. The van der Waals surface area contributed by atoms with Crippen molar-refractivity contribution in [2.45, 2.75) is 19.2 Å². The Bertz CT molecular complexity index is 1020. The number of guanidine groups is 1. The molecule has 29 heavy (non-hydrogen) atoms. The Balaban J connectivity index is 1.41. The Morgan fingerprint density at radius 3 is 2.79 bits per heavy atom. The van der Waals surface area contributed by atoms with Crippen LogP contribution in [0.2, 0.25) is 0 Å². The predicted octanol–water partition coefficient (Wildman–Crippen LogP) is 4.02. The van der Waals surface area contributed by atoms with Crippen LogP contribution in [0.25, 0.3) is 11.4 Å². The molecular weight excluding hydrogens is 425 g/mol. The van der Waals surface area contributed by atoms with Gasteiger partial charge in [0.1, 0.15) is 18.0 Å². The molecule has 0 fully saturated rings. The lowest BCUT2D eigenvalue weighted by Gasteiger charge is -2.13. The number of thiazole rings is 2. The first kappa shape index (κ1) is 19.6. The lowest BCUT2D eigenvalue weighted by atomic mass is 10.2. The Morgan fingerprint density at radius 2 is 2.00 bits per heavy atom. The Morgan fingerprint density at radius 1 is 1.17 bits per heavy atom. The van der Waals surface area contributed by atoms with E-state index in [1.165, 1.54) is 34.8 Å². The average molecular weight is 440 g/mol. The van der Waals surface area contributed by atoms with E-state index in [2.05, 4.69) is 30.6 Å². The standard InChI is InChI=1S/C17H15F3N6OS2/c18-17(19,20)13-10(3-1-4-21-13)7-27-16-25-12(9-29-16)11-8-28-15(24-11)26-14-22-5-2-6-23-14/h1,3-4,8-9H,2,5-7H2,(H2,22,23,24,26). The second-order valence-corrected chi connectivity index (χ2v) is 7.65. The summed E-state index contributed by atoms with van der Waals surface area (Å²) in [5, 5.41) is 10.8. The third kappa shape index (κ3) is 4.82. The largest absolute Gasteiger partial charge is 0.465 e. The first-order valence-electron chi connectivity index (χ1n) is 8.60. The van der Waals surface area contributed by atoms with Gasteiger partial charge in [0.2, 0.25) is 0 Å². The van der Waals surface area contributed by atoms with Crippen molar-refractivity contribution in [1.29, 1.82) is 0 Å². The molecule has 0 radical (unpaired) electrons. The van der Waals surface area contributed by atoms with Crippen molar-refractivity contribution in [1.82, 2.24) is 20.3 Å². The summed E-state index contributed by atoms with van der Waals surface area (Å²) in [5.41, 5.74) is 0.247. The molecule has 0 spiro atoms. The molecule has 4 rings (SSSR count). The van der Waals surface area contributed by atoms with Crippen LogP contribution in [-0.2, 0) is 12.8 Å². The number of nitrogens with one attached hydrogen (secondary N) is 2. The minimum Gasteiger partial charge on any atom is -0.465 e. The van der Waals surface area contributed by atoms with Crippen LogP contribution in [0, 0.1) is 0 Å². The molecule has 152 valence electrons. The van der Waals surface area contributed by atoms with Crippen molar-refractivity contribution >= 4 is 33.8 Å². The van der Waals surface area contributed by atoms with Crippen molar-refractivity contribution in [3.05, 3.63) is 40.3 Å². The van der Waals surface area contributed by atoms with Crippen LogP contribution in [0.15, 0.2) is 34.1 Å². The number of aliphatic imine (C=N–C) groups is 1.